The van der Waals surface area contributed by atoms with Crippen molar-refractivity contribution in [1.29, 1.82) is 0 Å². The predicted molar refractivity (Wildman–Crippen MR) is 93.3 cm³/mol. The van der Waals surface area contributed by atoms with Crippen LogP contribution >= 0.6 is 16.1 Å². The van der Waals surface area contributed by atoms with Gasteiger partial charge in [0.15, 0.2) is 0 Å². The fourth-order valence-electron chi connectivity index (χ4n) is 2.07. The molecule has 3 heteroatoms. The lowest BCUT2D eigenvalue weighted by Crippen LogP contribution is -2.05. The smallest absolute Gasteiger partial charge is 0.0478 e. The van der Waals surface area contributed by atoms with Crippen LogP contribution in [-0.4, -0.2) is 19.8 Å². The normalized spacial score (nSPS) is 11.5. The van der Waals surface area contributed by atoms with Crippen molar-refractivity contribution in [3.8, 4) is 0 Å². The average Bonchev–Trinajstić information content (AvgIpc) is 2.47. The average molecular weight is 348 g/mol. The molecule has 0 heterocycles. The van der Waals surface area contributed by atoms with Crippen molar-refractivity contribution in [3.63, 3.8) is 0 Å². The Balaban J connectivity index is 2.97. The maximum absolute atomic E-state index is 5.56. The number of allylic oxidation sites excluding steroid dienone is 2. The van der Waals surface area contributed by atoms with Crippen molar-refractivity contribution >= 4 is 16.1 Å². The van der Waals surface area contributed by atoms with Crippen LogP contribution in [0.2, 0.25) is 0 Å². The predicted octanol–water partition coefficient (Wildman–Crippen LogP) is 5.77. The third kappa shape index (κ3) is 18.1. The molecule has 0 aromatic carbocycles. The first-order valence-electron chi connectivity index (χ1n) is 8.48. The largest absolute Gasteiger partial charge is 0.381 e. The van der Waals surface area contributed by atoms with Crippen LogP contribution in [0.5, 0.6) is 0 Å². The van der Waals surface area contributed by atoms with Gasteiger partial charge in [-0.3, -0.25) is 4.34 Å². The van der Waals surface area contributed by atoms with Gasteiger partial charge in [0.05, 0.1) is 0 Å². The highest BCUT2D eigenvalue weighted by Gasteiger charge is 1.92. The molecule has 0 bridgehead atoms. The van der Waals surface area contributed by atoms with Gasteiger partial charge in [0.25, 0.3) is 0 Å². The van der Waals surface area contributed by atoms with Gasteiger partial charge in [0.1, 0.15) is 0 Å². The molecule has 0 aliphatic carbocycles. The molecule has 1 N–H and O–H groups in total. The lowest BCUT2D eigenvalue weighted by molar-refractivity contribution is 0.128. The first-order valence-corrected chi connectivity index (χ1v) is 9.27. The first kappa shape index (κ1) is 20.1. The van der Waals surface area contributed by atoms with Crippen LogP contribution < -0.4 is 4.34 Å². The molecule has 0 atom stereocenters. The molecule has 0 amide bonds. The minimum Gasteiger partial charge on any atom is -0.381 e. The molecule has 0 fully saturated rings. The molecular formula is C17H34BrNO. The van der Waals surface area contributed by atoms with E-state index >= 15 is 0 Å². The maximum Gasteiger partial charge on any atom is 0.0478 e. The molecule has 0 spiro atoms. The molecule has 0 unspecified atom stereocenters. The van der Waals surface area contributed by atoms with Gasteiger partial charge in [-0.2, -0.15) is 0 Å². The summed E-state index contributed by atoms with van der Waals surface area (Å²) in [7, 11) is 0. The van der Waals surface area contributed by atoms with E-state index in [4.69, 9.17) is 4.74 Å². The molecule has 0 radical (unpaired) electrons. The summed E-state index contributed by atoms with van der Waals surface area (Å²) in [6, 6.07) is 0. The van der Waals surface area contributed by atoms with Gasteiger partial charge < -0.3 is 4.74 Å². The van der Waals surface area contributed by atoms with E-state index in [-0.39, 0.29) is 0 Å². The molecule has 0 aliphatic rings. The highest BCUT2D eigenvalue weighted by Crippen LogP contribution is 2.08. The lowest BCUT2D eigenvalue weighted by Gasteiger charge is -2.03. The monoisotopic (exact) mass is 347 g/mol. The molecule has 0 aromatic heterocycles. The number of ether oxygens (including phenoxy) is 1. The summed E-state index contributed by atoms with van der Waals surface area (Å²) in [5.41, 5.74) is 0. The second-order valence-corrected chi connectivity index (χ2v) is 5.93. The zero-order chi connectivity index (χ0) is 14.7. The van der Waals surface area contributed by atoms with E-state index in [0.717, 1.165) is 26.2 Å². The van der Waals surface area contributed by atoms with Gasteiger partial charge in [-0.1, -0.05) is 57.6 Å². The van der Waals surface area contributed by atoms with Crippen LogP contribution in [0, 0.1) is 0 Å². The molecule has 0 rings (SSSR count). The van der Waals surface area contributed by atoms with Crippen LogP contribution in [0.4, 0.5) is 0 Å². The fourth-order valence-corrected chi connectivity index (χ4v) is 2.35. The summed E-state index contributed by atoms with van der Waals surface area (Å²) in [5.74, 6) is 0. The molecular weight excluding hydrogens is 314 g/mol. The van der Waals surface area contributed by atoms with Gasteiger partial charge in [0, 0.05) is 35.9 Å². The standard InChI is InChI=1S/C17H34BrNO/c1-2-3-4-5-6-7-8-9-10-11-12-13-16-20-17-14-15-19-18/h5-6,19H,2-4,7-17H2,1H3/b6-5-. The second-order valence-electron chi connectivity index (χ2n) is 5.37. The summed E-state index contributed by atoms with van der Waals surface area (Å²) < 4.78 is 8.50. The van der Waals surface area contributed by atoms with Crippen LogP contribution in [0.3, 0.4) is 0 Å². The third-order valence-corrected chi connectivity index (χ3v) is 3.76. The molecule has 0 aromatic rings. The van der Waals surface area contributed by atoms with Gasteiger partial charge in [-0.25, -0.2) is 0 Å². The SMILES string of the molecule is CCCC/C=C\CCCCCCCCOCCCNBr. The van der Waals surface area contributed by atoms with Crippen molar-refractivity contribution in [2.24, 2.45) is 0 Å². The second kappa shape index (κ2) is 19.1. The Bertz CT molecular complexity index is 197. The Morgan fingerprint density at radius 1 is 0.800 bits per heavy atom. The van der Waals surface area contributed by atoms with Gasteiger partial charge in [-0.05, 0) is 32.1 Å². The number of rotatable bonds is 16. The zero-order valence-corrected chi connectivity index (χ0v) is 14.9. The van der Waals surface area contributed by atoms with E-state index in [1.807, 2.05) is 0 Å². The Hall–Kier alpha value is 0.140. The molecule has 120 valence electrons. The van der Waals surface area contributed by atoms with Crippen LogP contribution in [0.1, 0.15) is 77.6 Å². The molecule has 0 aliphatic heterocycles. The van der Waals surface area contributed by atoms with Gasteiger partial charge >= 0.3 is 0 Å². The number of halogens is 1. The maximum atomic E-state index is 5.56. The third-order valence-electron chi connectivity index (χ3n) is 3.36. The van der Waals surface area contributed by atoms with E-state index < -0.39 is 0 Å². The van der Waals surface area contributed by atoms with Crippen molar-refractivity contribution in [3.05, 3.63) is 12.2 Å². The van der Waals surface area contributed by atoms with Crippen molar-refractivity contribution in [2.45, 2.75) is 77.6 Å². The van der Waals surface area contributed by atoms with Crippen molar-refractivity contribution in [2.75, 3.05) is 19.8 Å². The first-order chi connectivity index (χ1) is 9.91. The summed E-state index contributed by atoms with van der Waals surface area (Å²) >= 11 is 3.18. The Labute approximate surface area is 135 Å². The quantitative estimate of drug-likeness (QED) is 0.217. The van der Waals surface area contributed by atoms with E-state index in [0.29, 0.717) is 0 Å². The topological polar surface area (TPSA) is 21.3 Å². The summed E-state index contributed by atoms with van der Waals surface area (Å²) in [6.07, 6.45) is 19.0. The molecule has 20 heavy (non-hydrogen) atoms. The van der Waals surface area contributed by atoms with Crippen LogP contribution in [0.25, 0.3) is 0 Å². The number of hydrogen-bond acceptors (Lipinski definition) is 2. The number of hydrogen-bond donors (Lipinski definition) is 1. The van der Waals surface area contributed by atoms with Crippen molar-refractivity contribution < 1.29 is 4.74 Å². The van der Waals surface area contributed by atoms with E-state index in [2.05, 4.69) is 39.6 Å². The van der Waals surface area contributed by atoms with Gasteiger partial charge in [-0.15, -0.1) is 0 Å². The highest BCUT2D eigenvalue weighted by atomic mass is 79.9. The van der Waals surface area contributed by atoms with E-state index in [9.17, 15) is 0 Å². The van der Waals surface area contributed by atoms with E-state index in [1.165, 1.54) is 64.2 Å². The fraction of sp³-hybridized carbons (Fsp3) is 0.882. The Morgan fingerprint density at radius 3 is 2.10 bits per heavy atom. The van der Waals surface area contributed by atoms with Crippen LogP contribution in [-0.2, 0) is 4.74 Å². The number of unbranched alkanes of at least 4 members (excludes halogenated alkanes) is 8. The number of nitrogens with one attached hydrogen (secondary N) is 1. The van der Waals surface area contributed by atoms with Crippen molar-refractivity contribution in [1.82, 2.24) is 4.34 Å². The van der Waals surface area contributed by atoms with Crippen LogP contribution in [0.15, 0.2) is 12.2 Å². The minimum absolute atomic E-state index is 0.878. The summed E-state index contributed by atoms with van der Waals surface area (Å²) in [5, 5.41) is 0. The lowest BCUT2D eigenvalue weighted by atomic mass is 10.1. The summed E-state index contributed by atoms with van der Waals surface area (Å²) in [6.45, 7) is 5.04. The van der Waals surface area contributed by atoms with E-state index in [1.54, 1.807) is 0 Å². The molecule has 2 nitrogen and oxygen atoms in total. The molecule has 0 saturated carbocycles. The van der Waals surface area contributed by atoms with Gasteiger partial charge in [0.2, 0.25) is 0 Å². The summed E-state index contributed by atoms with van der Waals surface area (Å²) in [4.78, 5) is 0. The Kier molecular flexibility index (Phi) is 19.3. The molecule has 0 saturated heterocycles. The zero-order valence-electron chi connectivity index (χ0n) is 13.3. The minimum atomic E-state index is 0.878. The Morgan fingerprint density at radius 2 is 1.40 bits per heavy atom. The highest BCUT2D eigenvalue weighted by molar-refractivity contribution is 9.08.